The van der Waals surface area contributed by atoms with Crippen LogP contribution in [0.5, 0.6) is 0 Å². The van der Waals surface area contributed by atoms with Gasteiger partial charge in [-0.15, -0.1) is 11.3 Å². The van der Waals surface area contributed by atoms with Crippen LogP contribution in [0, 0.1) is 0 Å². The molecule has 11 aromatic rings. The van der Waals surface area contributed by atoms with Gasteiger partial charge in [0.25, 0.3) is 0 Å². The fraction of sp³-hybridized carbons (Fsp3) is 0. The first kappa shape index (κ1) is 30.8. The highest BCUT2D eigenvalue weighted by molar-refractivity contribution is 7.25. The van der Waals surface area contributed by atoms with Gasteiger partial charge >= 0.3 is 0 Å². The second kappa shape index (κ2) is 12.4. The summed E-state index contributed by atoms with van der Waals surface area (Å²) in [6.45, 7) is 0. The maximum absolute atomic E-state index is 2.40. The maximum Gasteiger partial charge on any atom is 0.0468 e. The third-order valence-electron chi connectivity index (χ3n) is 11.0. The van der Waals surface area contributed by atoms with Crippen molar-refractivity contribution in [3.05, 3.63) is 200 Å². The number of rotatable bonds is 5. The third kappa shape index (κ3) is 4.99. The Labute approximate surface area is 317 Å². The van der Waals surface area contributed by atoms with Gasteiger partial charge in [-0.05, 0) is 120 Å². The number of hydrogen-bond donors (Lipinski definition) is 0. The van der Waals surface area contributed by atoms with Crippen LogP contribution in [0.3, 0.4) is 0 Å². The van der Waals surface area contributed by atoms with Crippen LogP contribution in [-0.2, 0) is 0 Å². The molecule has 0 saturated carbocycles. The minimum absolute atomic E-state index is 1.11. The number of benzene rings is 10. The van der Waals surface area contributed by atoms with Crippen molar-refractivity contribution in [2.45, 2.75) is 0 Å². The van der Waals surface area contributed by atoms with Gasteiger partial charge in [0.2, 0.25) is 0 Å². The molecule has 0 N–H and O–H groups in total. The first-order valence-electron chi connectivity index (χ1n) is 18.5. The molecule has 252 valence electrons. The summed E-state index contributed by atoms with van der Waals surface area (Å²) >= 11 is 1.86. The normalized spacial score (nSPS) is 11.7. The lowest BCUT2D eigenvalue weighted by molar-refractivity contribution is 1.29. The Bertz CT molecular complexity index is 3170. The monoisotopic (exact) mass is 703 g/mol. The van der Waals surface area contributed by atoms with Gasteiger partial charge in [-0.25, -0.2) is 0 Å². The summed E-state index contributed by atoms with van der Waals surface area (Å²) in [5, 5.41) is 12.8. The van der Waals surface area contributed by atoms with E-state index in [0.29, 0.717) is 0 Å². The SMILES string of the molecule is c1ccc2c(-c3ccc(N(c4ccc(-c5ccc6sc7ccccc7c6c5)cc4)c4ccc5c6ccccc6c6ccccc6c5c4)cc3)cccc2c1. The van der Waals surface area contributed by atoms with E-state index in [9.17, 15) is 0 Å². The molecule has 1 nitrogen and oxygen atoms in total. The number of nitrogens with zero attached hydrogens (tertiary/aromatic N) is 1. The Kier molecular flexibility index (Phi) is 7.11. The van der Waals surface area contributed by atoms with Crippen molar-refractivity contribution < 1.29 is 0 Å². The Morgan fingerprint density at radius 3 is 1.48 bits per heavy atom. The Balaban J connectivity index is 1.06. The average molecular weight is 704 g/mol. The van der Waals surface area contributed by atoms with Crippen LogP contribution in [-0.4, -0.2) is 0 Å². The molecule has 54 heavy (non-hydrogen) atoms. The summed E-state index contributed by atoms with van der Waals surface area (Å²) in [4.78, 5) is 2.40. The van der Waals surface area contributed by atoms with E-state index in [1.54, 1.807) is 0 Å². The molecular formula is C52H33NS. The highest BCUT2D eigenvalue weighted by Crippen LogP contribution is 2.43. The van der Waals surface area contributed by atoms with Gasteiger partial charge < -0.3 is 4.90 Å². The van der Waals surface area contributed by atoms with E-state index in [1.807, 2.05) is 11.3 Å². The number of fused-ring (bicyclic) bond motifs is 10. The van der Waals surface area contributed by atoms with Gasteiger partial charge in [-0.2, -0.15) is 0 Å². The third-order valence-corrected chi connectivity index (χ3v) is 12.2. The summed E-state index contributed by atoms with van der Waals surface area (Å²) in [7, 11) is 0. The lowest BCUT2D eigenvalue weighted by atomic mass is 9.94. The van der Waals surface area contributed by atoms with Gasteiger partial charge in [0.15, 0.2) is 0 Å². The van der Waals surface area contributed by atoms with Crippen molar-refractivity contribution in [2.75, 3.05) is 4.90 Å². The Hall–Kier alpha value is -6.74. The summed E-state index contributed by atoms with van der Waals surface area (Å²) in [5.41, 5.74) is 8.24. The highest BCUT2D eigenvalue weighted by atomic mass is 32.1. The van der Waals surface area contributed by atoms with E-state index in [2.05, 4.69) is 205 Å². The zero-order chi connectivity index (χ0) is 35.6. The molecule has 0 aliphatic heterocycles. The molecule has 1 aromatic heterocycles. The van der Waals surface area contributed by atoms with E-state index in [4.69, 9.17) is 0 Å². The van der Waals surface area contributed by atoms with Crippen molar-refractivity contribution in [1.29, 1.82) is 0 Å². The van der Waals surface area contributed by atoms with Crippen LogP contribution in [0.2, 0.25) is 0 Å². The summed E-state index contributed by atoms with van der Waals surface area (Å²) in [6, 6.07) is 73.5. The lowest BCUT2D eigenvalue weighted by Gasteiger charge is -2.27. The number of thiophene rings is 1. The van der Waals surface area contributed by atoms with E-state index >= 15 is 0 Å². The molecular weight excluding hydrogens is 671 g/mol. The Morgan fingerprint density at radius 2 is 0.778 bits per heavy atom. The average Bonchev–Trinajstić information content (AvgIpc) is 3.62. The molecule has 11 rings (SSSR count). The van der Waals surface area contributed by atoms with Gasteiger partial charge in [0, 0.05) is 37.2 Å². The summed E-state index contributed by atoms with van der Waals surface area (Å²) in [6.07, 6.45) is 0. The van der Waals surface area contributed by atoms with Crippen LogP contribution >= 0.6 is 11.3 Å². The lowest BCUT2D eigenvalue weighted by Crippen LogP contribution is -2.10. The largest absolute Gasteiger partial charge is 0.310 e. The second-order valence-corrected chi connectivity index (χ2v) is 15.2. The number of hydrogen-bond acceptors (Lipinski definition) is 2. The molecule has 0 unspecified atom stereocenters. The topological polar surface area (TPSA) is 3.24 Å². The zero-order valence-electron chi connectivity index (χ0n) is 29.4. The smallest absolute Gasteiger partial charge is 0.0468 e. The van der Waals surface area contributed by atoms with Crippen molar-refractivity contribution >= 4 is 91.7 Å². The standard InChI is InChI=1S/C52H33NS/c1-2-12-41-35(10-1)11-9-18-42(41)36-22-27-39(28-23-36)53(40-29-30-47-45-15-4-3-13-43(45)44-14-5-6-16-46(44)49(47)33-40)38-25-20-34(21-26-38)37-24-31-52-50(32-37)48-17-7-8-19-51(48)54-52/h1-33H. The minimum atomic E-state index is 1.11. The molecule has 0 atom stereocenters. The predicted molar refractivity (Wildman–Crippen MR) is 235 cm³/mol. The fourth-order valence-corrected chi connectivity index (χ4v) is 9.54. The van der Waals surface area contributed by atoms with Crippen LogP contribution in [0.15, 0.2) is 200 Å². The van der Waals surface area contributed by atoms with E-state index < -0.39 is 0 Å². The van der Waals surface area contributed by atoms with Crippen molar-refractivity contribution in [1.82, 2.24) is 0 Å². The molecule has 2 heteroatoms. The van der Waals surface area contributed by atoms with Crippen LogP contribution in [0.4, 0.5) is 17.1 Å². The van der Waals surface area contributed by atoms with Crippen molar-refractivity contribution in [3.63, 3.8) is 0 Å². The first-order valence-corrected chi connectivity index (χ1v) is 19.3. The van der Waals surface area contributed by atoms with Gasteiger partial charge in [-0.1, -0.05) is 146 Å². The minimum Gasteiger partial charge on any atom is -0.310 e. The molecule has 0 fully saturated rings. The van der Waals surface area contributed by atoms with Crippen molar-refractivity contribution in [2.24, 2.45) is 0 Å². The number of anilines is 3. The van der Waals surface area contributed by atoms with Crippen LogP contribution < -0.4 is 4.90 Å². The predicted octanol–water partition coefficient (Wildman–Crippen LogP) is 15.5. The molecule has 0 spiro atoms. The summed E-state index contributed by atoms with van der Waals surface area (Å²) < 4.78 is 2.66. The van der Waals surface area contributed by atoms with E-state index in [1.165, 1.54) is 85.5 Å². The van der Waals surface area contributed by atoms with Crippen LogP contribution in [0.25, 0.3) is 85.5 Å². The highest BCUT2D eigenvalue weighted by Gasteiger charge is 2.17. The maximum atomic E-state index is 2.40. The van der Waals surface area contributed by atoms with Gasteiger partial charge in [-0.3, -0.25) is 0 Å². The molecule has 0 amide bonds. The summed E-state index contributed by atoms with van der Waals surface area (Å²) in [5.74, 6) is 0. The van der Waals surface area contributed by atoms with Crippen molar-refractivity contribution in [3.8, 4) is 22.3 Å². The molecule has 0 aliphatic rings. The molecule has 0 radical (unpaired) electrons. The van der Waals surface area contributed by atoms with E-state index in [-0.39, 0.29) is 0 Å². The quantitative estimate of drug-likeness (QED) is 0.161. The van der Waals surface area contributed by atoms with Crippen LogP contribution in [0.1, 0.15) is 0 Å². The molecule has 0 aliphatic carbocycles. The van der Waals surface area contributed by atoms with E-state index in [0.717, 1.165) is 17.1 Å². The molecule has 10 aromatic carbocycles. The fourth-order valence-electron chi connectivity index (χ4n) is 8.46. The second-order valence-electron chi connectivity index (χ2n) is 14.1. The zero-order valence-corrected chi connectivity index (χ0v) is 30.2. The van der Waals surface area contributed by atoms with Gasteiger partial charge in [0.05, 0.1) is 0 Å². The molecule has 0 bridgehead atoms. The molecule has 0 saturated heterocycles. The Morgan fingerprint density at radius 1 is 0.278 bits per heavy atom. The first-order chi connectivity index (χ1) is 26.8. The molecule has 1 heterocycles. The van der Waals surface area contributed by atoms with Gasteiger partial charge in [0.1, 0.15) is 0 Å².